The molecular formula is C14H20ClNO2. The van der Waals surface area contributed by atoms with Crippen LogP contribution in [0.2, 0.25) is 5.02 Å². The minimum atomic E-state index is 0.669. The fourth-order valence-corrected chi connectivity index (χ4v) is 2.47. The average Bonchev–Trinajstić information content (AvgIpc) is 2.40. The zero-order valence-electron chi connectivity index (χ0n) is 10.7. The minimum absolute atomic E-state index is 0.669. The fourth-order valence-electron chi connectivity index (χ4n) is 2.19. The van der Waals surface area contributed by atoms with Crippen LogP contribution in [0.5, 0.6) is 5.75 Å². The summed E-state index contributed by atoms with van der Waals surface area (Å²) in [5, 5.41) is 4.15. The lowest BCUT2D eigenvalue weighted by Gasteiger charge is -2.22. The molecule has 100 valence electrons. The molecular weight excluding hydrogens is 250 g/mol. The van der Waals surface area contributed by atoms with Crippen molar-refractivity contribution in [3.8, 4) is 5.75 Å². The molecule has 1 aromatic carbocycles. The highest BCUT2D eigenvalue weighted by Crippen LogP contribution is 2.24. The number of hydrogen-bond acceptors (Lipinski definition) is 3. The second kappa shape index (κ2) is 6.98. The van der Waals surface area contributed by atoms with E-state index in [1.807, 2.05) is 18.2 Å². The van der Waals surface area contributed by atoms with Crippen molar-refractivity contribution in [2.45, 2.75) is 19.4 Å². The van der Waals surface area contributed by atoms with E-state index in [1.165, 1.54) is 5.56 Å². The van der Waals surface area contributed by atoms with Gasteiger partial charge in [-0.1, -0.05) is 17.7 Å². The normalized spacial score (nSPS) is 16.8. The average molecular weight is 270 g/mol. The lowest BCUT2D eigenvalue weighted by molar-refractivity contribution is 0.0662. The molecule has 1 N–H and O–H groups in total. The van der Waals surface area contributed by atoms with Gasteiger partial charge in [0, 0.05) is 19.8 Å². The fraction of sp³-hybridized carbons (Fsp3) is 0.571. The van der Waals surface area contributed by atoms with Crippen LogP contribution in [0.25, 0.3) is 0 Å². The van der Waals surface area contributed by atoms with Gasteiger partial charge in [0.2, 0.25) is 0 Å². The van der Waals surface area contributed by atoms with Crippen LogP contribution >= 0.6 is 11.6 Å². The number of hydrogen-bond donors (Lipinski definition) is 1. The van der Waals surface area contributed by atoms with Crippen molar-refractivity contribution in [1.29, 1.82) is 0 Å². The van der Waals surface area contributed by atoms with Crippen molar-refractivity contribution in [2.24, 2.45) is 5.92 Å². The molecule has 0 atom stereocenters. The van der Waals surface area contributed by atoms with E-state index in [4.69, 9.17) is 21.1 Å². The number of methoxy groups -OCH3 is 1. The highest BCUT2D eigenvalue weighted by atomic mass is 35.5. The Morgan fingerprint density at radius 1 is 1.39 bits per heavy atom. The third-order valence-electron chi connectivity index (χ3n) is 3.32. The molecule has 0 radical (unpaired) electrons. The summed E-state index contributed by atoms with van der Waals surface area (Å²) in [5.41, 5.74) is 1.19. The van der Waals surface area contributed by atoms with E-state index in [1.54, 1.807) is 7.11 Å². The van der Waals surface area contributed by atoms with E-state index < -0.39 is 0 Å². The van der Waals surface area contributed by atoms with Gasteiger partial charge < -0.3 is 14.8 Å². The molecule has 1 aliphatic rings. The van der Waals surface area contributed by atoms with Gasteiger partial charge in [-0.25, -0.2) is 0 Å². The van der Waals surface area contributed by atoms with Crippen molar-refractivity contribution >= 4 is 11.6 Å². The maximum atomic E-state index is 6.09. The largest absolute Gasteiger partial charge is 0.495 e. The third kappa shape index (κ3) is 3.87. The number of ether oxygens (including phenoxy) is 2. The second-order valence-corrected chi connectivity index (χ2v) is 5.06. The monoisotopic (exact) mass is 269 g/mol. The molecule has 4 heteroatoms. The summed E-state index contributed by atoms with van der Waals surface area (Å²) in [6.07, 6.45) is 2.33. The maximum absolute atomic E-state index is 6.09. The van der Waals surface area contributed by atoms with Crippen LogP contribution in [0.4, 0.5) is 0 Å². The minimum Gasteiger partial charge on any atom is -0.495 e. The van der Waals surface area contributed by atoms with Crippen molar-refractivity contribution in [3.05, 3.63) is 28.8 Å². The number of rotatable bonds is 5. The lowest BCUT2D eigenvalue weighted by Crippen LogP contribution is -2.27. The van der Waals surface area contributed by atoms with E-state index >= 15 is 0 Å². The second-order valence-electron chi connectivity index (χ2n) is 4.66. The van der Waals surface area contributed by atoms with E-state index in [0.717, 1.165) is 50.8 Å². The molecule has 0 amide bonds. The van der Waals surface area contributed by atoms with E-state index in [-0.39, 0.29) is 0 Å². The maximum Gasteiger partial charge on any atom is 0.137 e. The highest BCUT2D eigenvalue weighted by molar-refractivity contribution is 6.32. The molecule has 0 spiro atoms. The molecule has 0 saturated carbocycles. The molecule has 0 aliphatic carbocycles. The molecule has 0 bridgehead atoms. The predicted molar refractivity (Wildman–Crippen MR) is 73.3 cm³/mol. The number of halogens is 1. The van der Waals surface area contributed by atoms with E-state index in [0.29, 0.717) is 5.02 Å². The Kier molecular flexibility index (Phi) is 5.29. The molecule has 0 unspecified atom stereocenters. The van der Waals surface area contributed by atoms with Gasteiger partial charge in [0.25, 0.3) is 0 Å². The van der Waals surface area contributed by atoms with Gasteiger partial charge in [-0.2, -0.15) is 0 Å². The van der Waals surface area contributed by atoms with Crippen LogP contribution in [0, 0.1) is 5.92 Å². The standard InChI is InChI=1S/C14H20ClNO2/c1-17-14-3-2-12(8-13(14)15)10-16-9-11-4-6-18-7-5-11/h2-3,8,11,16H,4-7,9-10H2,1H3. The molecule has 1 aromatic rings. The first kappa shape index (κ1) is 13.7. The Hall–Kier alpha value is -0.770. The Labute approximate surface area is 113 Å². The lowest BCUT2D eigenvalue weighted by atomic mass is 10.0. The third-order valence-corrected chi connectivity index (χ3v) is 3.61. The Morgan fingerprint density at radius 3 is 2.83 bits per heavy atom. The van der Waals surface area contributed by atoms with E-state index in [9.17, 15) is 0 Å². The van der Waals surface area contributed by atoms with Gasteiger partial charge in [0.1, 0.15) is 5.75 Å². The first-order valence-corrected chi connectivity index (χ1v) is 6.78. The zero-order chi connectivity index (χ0) is 12.8. The summed E-state index contributed by atoms with van der Waals surface area (Å²) in [7, 11) is 1.63. The molecule has 2 rings (SSSR count). The summed E-state index contributed by atoms with van der Waals surface area (Å²) in [5.74, 6) is 1.47. The van der Waals surface area contributed by atoms with E-state index in [2.05, 4.69) is 5.32 Å². The van der Waals surface area contributed by atoms with Gasteiger partial charge in [-0.05, 0) is 43.0 Å². The van der Waals surface area contributed by atoms with Gasteiger partial charge in [0.15, 0.2) is 0 Å². The van der Waals surface area contributed by atoms with Gasteiger partial charge in [-0.3, -0.25) is 0 Å². The number of nitrogens with one attached hydrogen (secondary N) is 1. The summed E-state index contributed by atoms with van der Waals surface area (Å²) in [6.45, 7) is 3.70. The summed E-state index contributed by atoms with van der Waals surface area (Å²) < 4.78 is 10.5. The molecule has 3 nitrogen and oxygen atoms in total. The Bertz CT molecular complexity index is 378. The summed E-state index contributed by atoms with van der Waals surface area (Å²) in [4.78, 5) is 0. The topological polar surface area (TPSA) is 30.5 Å². The van der Waals surface area contributed by atoms with Crippen molar-refractivity contribution in [3.63, 3.8) is 0 Å². The van der Waals surface area contributed by atoms with Gasteiger partial charge >= 0.3 is 0 Å². The smallest absolute Gasteiger partial charge is 0.137 e. The SMILES string of the molecule is COc1ccc(CNCC2CCOCC2)cc1Cl. The first-order chi connectivity index (χ1) is 8.79. The van der Waals surface area contributed by atoms with Crippen LogP contribution in [-0.4, -0.2) is 26.9 Å². The quantitative estimate of drug-likeness (QED) is 0.892. The van der Waals surface area contributed by atoms with Crippen LogP contribution in [0.15, 0.2) is 18.2 Å². The van der Waals surface area contributed by atoms with Crippen molar-refractivity contribution in [1.82, 2.24) is 5.32 Å². The first-order valence-electron chi connectivity index (χ1n) is 6.40. The Morgan fingerprint density at radius 2 is 2.17 bits per heavy atom. The summed E-state index contributed by atoms with van der Waals surface area (Å²) >= 11 is 6.09. The molecule has 1 heterocycles. The zero-order valence-corrected chi connectivity index (χ0v) is 11.5. The van der Waals surface area contributed by atoms with Crippen LogP contribution in [0.3, 0.4) is 0 Å². The number of benzene rings is 1. The summed E-state index contributed by atoms with van der Waals surface area (Å²) in [6, 6.07) is 5.91. The Balaban J connectivity index is 1.77. The van der Waals surface area contributed by atoms with Crippen molar-refractivity contribution < 1.29 is 9.47 Å². The van der Waals surface area contributed by atoms with Crippen LogP contribution < -0.4 is 10.1 Å². The van der Waals surface area contributed by atoms with Gasteiger partial charge in [-0.15, -0.1) is 0 Å². The van der Waals surface area contributed by atoms with Crippen LogP contribution in [-0.2, 0) is 11.3 Å². The molecule has 0 aromatic heterocycles. The van der Waals surface area contributed by atoms with Crippen molar-refractivity contribution in [2.75, 3.05) is 26.9 Å². The predicted octanol–water partition coefficient (Wildman–Crippen LogP) is 2.86. The molecule has 18 heavy (non-hydrogen) atoms. The highest BCUT2D eigenvalue weighted by Gasteiger charge is 2.12. The molecule has 1 aliphatic heterocycles. The van der Waals surface area contributed by atoms with Crippen LogP contribution in [0.1, 0.15) is 18.4 Å². The van der Waals surface area contributed by atoms with Gasteiger partial charge in [0.05, 0.1) is 12.1 Å². The molecule has 1 saturated heterocycles. The molecule has 1 fully saturated rings.